The zero-order chi connectivity index (χ0) is 14.2. The molecule has 0 spiro atoms. The lowest BCUT2D eigenvalue weighted by molar-refractivity contribution is 0.575. The fourth-order valence-corrected chi connectivity index (χ4v) is 3.14. The van der Waals surface area contributed by atoms with Gasteiger partial charge in [-0.3, -0.25) is 4.98 Å². The highest BCUT2D eigenvalue weighted by molar-refractivity contribution is 7.99. The van der Waals surface area contributed by atoms with Gasteiger partial charge in [-0.05, 0) is 43.1 Å². The fraction of sp³-hybridized carbons (Fsp3) is 0.353. The van der Waals surface area contributed by atoms with Crippen LogP contribution in [0.1, 0.15) is 30.5 Å². The summed E-state index contributed by atoms with van der Waals surface area (Å²) >= 11 is 1.88. The van der Waals surface area contributed by atoms with Gasteiger partial charge in [0.05, 0.1) is 0 Å². The van der Waals surface area contributed by atoms with Crippen molar-refractivity contribution >= 4 is 11.8 Å². The quantitative estimate of drug-likeness (QED) is 0.771. The predicted molar refractivity (Wildman–Crippen MR) is 87.2 cm³/mol. The van der Waals surface area contributed by atoms with Gasteiger partial charge in [0.25, 0.3) is 0 Å². The Labute approximate surface area is 126 Å². The molecule has 2 rings (SSSR count). The number of hydrogen-bond acceptors (Lipinski definition) is 3. The van der Waals surface area contributed by atoms with Gasteiger partial charge in [0.2, 0.25) is 0 Å². The maximum Gasteiger partial charge on any atom is 0.0418 e. The number of aromatic nitrogens is 1. The van der Waals surface area contributed by atoms with Gasteiger partial charge in [0.15, 0.2) is 0 Å². The monoisotopic (exact) mass is 286 g/mol. The molecule has 1 aromatic heterocycles. The third-order valence-corrected chi connectivity index (χ3v) is 4.38. The maximum absolute atomic E-state index is 4.07. The second kappa shape index (κ2) is 8.08. The minimum Gasteiger partial charge on any atom is -0.309 e. The molecule has 0 saturated heterocycles. The van der Waals surface area contributed by atoms with Gasteiger partial charge >= 0.3 is 0 Å². The molecule has 0 amide bonds. The molecule has 0 radical (unpaired) electrons. The first-order valence-corrected chi connectivity index (χ1v) is 8.11. The van der Waals surface area contributed by atoms with Crippen LogP contribution < -0.4 is 5.32 Å². The Kier molecular flexibility index (Phi) is 6.09. The van der Waals surface area contributed by atoms with Gasteiger partial charge in [0.1, 0.15) is 0 Å². The van der Waals surface area contributed by atoms with Gasteiger partial charge in [-0.15, -0.1) is 11.8 Å². The third-order valence-electron chi connectivity index (χ3n) is 3.27. The van der Waals surface area contributed by atoms with E-state index in [0.717, 1.165) is 18.7 Å². The predicted octanol–water partition coefficient (Wildman–Crippen LogP) is 4.22. The van der Waals surface area contributed by atoms with Crippen LogP contribution >= 0.6 is 11.8 Å². The molecule has 1 aromatic carbocycles. The number of aryl methyl sites for hydroxylation is 1. The van der Waals surface area contributed by atoms with Crippen molar-refractivity contribution < 1.29 is 0 Å². The summed E-state index contributed by atoms with van der Waals surface area (Å²) in [6, 6.07) is 13.2. The van der Waals surface area contributed by atoms with Crippen molar-refractivity contribution in [3.8, 4) is 0 Å². The average molecular weight is 286 g/mol. The number of nitrogens with zero attached hydrogens (tertiary/aromatic N) is 1. The highest BCUT2D eigenvalue weighted by Gasteiger charge is 2.13. The van der Waals surface area contributed by atoms with Crippen molar-refractivity contribution in [2.24, 2.45) is 0 Å². The summed E-state index contributed by atoms with van der Waals surface area (Å²) in [6.45, 7) is 5.45. The number of pyridine rings is 1. The van der Waals surface area contributed by atoms with Crippen molar-refractivity contribution in [1.82, 2.24) is 10.3 Å². The smallest absolute Gasteiger partial charge is 0.0418 e. The second-order valence-electron chi connectivity index (χ2n) is 4.86. The highest BCUT2D eigenvalue weighted by atomic mass is 32.2. The molecule has 0 fully saturated rings. The van der Waals surface area contributed by atoms with E-state index < -0.39 is 0 Å². The largest absolute Gasteiger partial charge is 0.309 e. The molecular formula is C17H22N2S. The lowest BCUT2D eigenvalue weighted by Crippen LogP contribution is -2.24. The van der Waals surface area contributed by atoms with Crippen molar-refractivity contribution in [2.45, 2.75) is 31.2 Å². The molecule has 1 N–H and O–H groups in total. The topological polar surface area (TPSA) is 24.9 Å². The highest BCUT2D eigenvalue weighted by Crippen LogP contribution is 2.26. The molecule has 1 unspecified atom stereocenters. The molecule has 106 valence electrons. The molecule has 0 saturated carbocycles. The van der Waals surface area contributed by atoms with Crippen LogP contribution in [0.4, 0.5) is 0 Å². The molecule has 0 aliphatic carbocycles. The van der Waals surface area contributed by atoms with E-state index in [2.05, 4.69) is 60.5 Å². The van der Waals surface area contributed by atoms with Crippen molar-refractivity contribution in [3.63, 3.8) is 0 Å². The molecule has 3 heteroatoms. The van der Waals surface area contributed by atoms with E-state index in [1.54, 1.807) is 0 Å². The summed E-state index contributed by atoms with van der Waals surface area (Å²) in [5, 5.41) is 3.66. The molecular weight excluding hydrogens is 264 g/mol. The van der Waals surface area contributed by atoms with Crippen LogP contribution in [0.2, 0.25) is 0 Å². The van der Waals surface area contributed by atoms with Crippen LogP contribution in [-0.4, -0.2) is 17.3 Å². The van der Waals surface area contributed by atoms with E-state index in [-0.39, 0.29) is 0 Å². The first kappa shape index (κ1) is 15.1. The number of benzene rings is 1. The Balaban J connectivity index is 2.06. The number of nitrogens with one attached hydrogen (secondary N) is 1. The van der Waals surface area contributed by atoms with E-state index in [0.29, 0.717) is 6.04 Å². The number of hydrogen-bond donors (Lipinski definition) is 1. The van der Waals surface area contributed by atoms with Gasteiger partial charge in [-0.1, -0.05) is 31.2 Å². The van der Waals surface area contributed by atoms with Crippen LogP contribution in [0.15, 0.2) is 53.7 Å². The summed E-state index contributed by atoms with van der Waals surface area (Å²) in [6.07, 6.45) is 4.86. The zero-order valence-electron chi connectivity index (χ0n) is 12.2. The van der Waals surface area contributed by atoms with E-state index >= 15 is 0 Å². The second-order valence-corrected chi connectivity index (χ2v) is 5.95. The molecule has 2 nitrogen and oxygen atoms in total. The van der Waals surface area contributed by atoms with Gasteiger partial charge in [-0.25, -0.2) is 0 Å². The Bertz CT molecular complexity index is 513. The molecule has 0 aliphatic rings. The van der Waals surface area contributed by atoms with E-state index in [9.17, 15) is 0 Å². The minimum atomic E-state index is 0.398. The van der Waals surface area contributed by atoms with E-state index in [4.69, 9.17) is 0 Å². The summed E-state index contributed by atoms with van der Waals surface area (Å²) in [4.78, 5) is 5.34. The molecule has 1 heterocycles. The van der Waals surface area contributed by atoms with Gasteiger partial charge < -0.3 is 5.32 Å². The molecule has 20 heavy (non-hydrogen) atoms. The Morgan fingerprint density at radius 2 is 1.90 bits per heavy atom. The first-order chi connectivity index (χ1) is 9.81. The number of rotatable bonds is 7. The maximum atomic E-state index is 4.07. The van der Waals surface area contributed by atoms with Crippen LogP contribution in [0, 0.1) is 6.92 Å². The normalized spacial score (nSPS) is 12.3. The van der Waals surface area contributed by atoms with Crippen LogP contribution in [-0.2, 0) is 0 Å². The summed E-state index contributed by atoms with van der Waals surface area (Å²) < 4.78 is 0. The number of thioether (sulfide) groups is 1. The lowest BCUT2D eigenvalue weighted by atomic mass is 10.0. The summed E-state index contributed by atoms with van der Waals surface area (Å²) in [5.41, 5.74) is 2.76. The molecule has 2 aromatic rings. The van der Waals surface area contributed by atoms with Crippen molar-refractivity contribution in [1.29, 1.82) is 0 Å². The zero-order valence-corrected chi connectivity index (χ0v) is 13.0. The van der Waals surface area contributed by atoms with Crippen molar-refractivity contribution in [3.05, 3.63) is 59.9 Å². The third kappa shape index (κ3) is 4.36. The minimum absolute atomic E-state index is 0.398. The SMILES string of the molecule is CCCNC(CSc1ccncc1)c1ccccc1C. The lowest BCUT2D eigenvalue weighted by Gasteiger charge is -2.20. The Morgan fingerprint density at radius 3 is 2.60 bits per heavy atom. The molecule has 0 aliphatic heterocycles. The first-order valence-electron chi connectivity index (χ1n) is 7.13. The van der Waals surface area contributed by atoms with Gasteiger partial charge in [0, 0.05) is 29.1 Å². The molecule has 0 bridgehead atoms. The Morgan fingerprint density at radius 1 is 1.15 bits per heavy atom. The van der Waals surface area contributed by atoms with E-state index in [1.807, 2.05) is 24.2 Å². The van der Waals surface area contributed by atoms with Crippen molar-refractivity contribution in [2.75, 3.05) is 12.3 Å². The average Bonchev–Trinajstić information content (AvgIpc) is 2.49. The van der Waals surface area contributed by atoms with Crippen LogP contribution in [0.25, 0.3) is 0 Å². The van der Waals surface area contributed by atoms with Crippen LogP contribution in [0.5, 0.6) is 0 Å². The summed E-state index contributed by atoms with van der Waals surface area (Å²) in [7, 11) is 0. The van der Waals surface area contributed by atoms with E-state index in [1.165, 1.54) is 16.0 Å². The standard InChI is InChI=1S/C17H22N2S/c1-3-10-19-17(16-7-5-4-6-14(16)2)13-20-15-8-11-18-12-9-15/h4-9,11-12,17,19H,3,10,13H2,1-2H3. The summed E-state index contributed by atoms with van der Waals surface area (Å²) in [5.74, 6) is 1.04. The Hall–Kier alpha value is -1.32. The molecule has 1 atom stereocenters. The fourth-order valence-electron chi connectivity index (χ4n) is 2.17. The van der Waals surface area contributed by atoms with Crippen LogP contribution in [0.3, 0.4) is 0 Å². The van der Waals surface area contributed by atoms with Gasteiger partial charge in [-0.2, -0.15) is 0 Å².